The number of allylic oxidation sites excluding steroid dienone is 1. The second-order valence-corrected chi connectivity index (χ2v) is 4.47. The number of halogens is 2. The number of rotatable bonds is 0. The maximum absolute atomic E-state index is 9.85. The van der Waals surface area contributed by atoms with Gasteiger partial charge in [-0.2, -0.15) is 10.5 Å². The normalized spacial score (nSPS) is 17.2. The Hall–Kier alpha value is -1.52. The van der Waals surface area contributed by atoms with E-state index in [2.05, 4.69) is 0 Å². The molecule has 1 aliphatic rings. The zero-order chi connectivity index (χ0) is 12.6. The number of nitrogens with zero attached hydrogens (tertiary/aromatic N) is 2. The van der Waals surface area contributed by atoms with Crippen molar-refractivity contribution in [2.24, 2.45) is 0 Å². The number of hydrogen-bond acceptors (Lipinski definition) is 3. The Bertz CT molecular complexity index is 592. The van der Waals surface area contributed by atoms with Gasteiger partial charge in [-0.15, -0.1) is 0 Å². The van der Waals surface area contributed by atoms with Crippen LogP contribution in [0.1, 0.15) is 23.7 Å². The van der Waals surface area contributed by atoms with Gasteiger partial charge in [0, 0.05) is 6.42 Å². The van der Waals surface area contributed by atoms with Crippen LogP contribution in [-0.4, -0.2) is 5.11 Å². The van der Waals surface area contributed by atoms with Crippen molar-refractivity contribution in [1.82, 2.24) is 0 Å². The van der Waals surface area contributed by atoms with Crippen molar-refractivity contribution in [2.75, 3.05) is 0 Å². The fourth-order valence-corrected chi connectivity index (χ4v) is 2.24. The lowest BCUT2D eigenvalue weighted by atomic mass is 10.0. The smallest absolute Gasteiger partial charge is 0.133 e. The Kier molecular flexibility index (Phi) is 3.09. The van der Waals surface area contributed by atoms with E-state index in [-0.39, 0.29) is 12.0 Å². The lowest BCUT2D eigenvalue weighted by Gasteiger charge is -2.04. The fraction of sp³-hybridized carbons (Fsp3) is 0.167. The molecule has 1 unspecified atom stereocenters. The number of aliphatic hydroxyl groups is 1. The van der Waals surface area contributed by atoms with Crippen LogP contribution in [0.5, 0.6) is 0 Å². The molecule has 1 N–H and O–H groups in total. The van der Waals surface area contributed by atoms with Crippen LogP contribution in [0.15, 0.2) is 17.7 Å². The third kappa shape index (κ3) is 1.90. The summed E-state index contributed by atoms with van der Waals surface area (Å²) in [6.45, 7) is 0. The monoisotopic (exact) mass is 264 g/mol. The highest BCUT2D eigenvalue weighted by molar-refractivity contribution is 6.42. The van der Waals surface area contributed by atoms with Gasteiger partial charge in [0.05, 0.1) is 16.1 Å². The third-order valence-corrected chi connectivity index (χ3v) is 3.42. The molecule has 5 heteroatoms. The topological polar surface area (TPSA) is 67.8 Å². The van der Waals surface area contributed by atoms with Crippen LogP contribution in [-0.2, 0) is 0 Å². The summed E-state index contributed by atoms with van der Waals surface area (Å²) in [5.41, 5.74) is 1.76. The molecule has 1 aliphatic carbocycles. The van der Waals surface area contributed by atoms with Gasteiger partial charge in [0.25, 0.3) is 0 Å². The molecule has 0 bridgehead atoms. The van der Waals surface area contributed by atoms with Gasteiger partial charge in [-0.1, -0.05) is 23.2 Å². The van der Waals surface area contributed by atoms with Gasteiger partial charge < -0.3 is 5.11 Å². The predicted octanol–water partition coefficient (Wildman–Crippen LogP) is 3.23. The van der Waals surface area contributed by atoms with Crippen LogP contribution in [0, 0.1) is 22.7 Å². The summed E-state index contributed by atoms with van der Waals surface area (Å²) >= 11 is 11.8. The summed E-state index contributed by atoms with van der Waals surface area (Å²) in [5, 5.41) is 28.2. The van der Waals surface area contributed by atoms with Gasteiger partial charge >= 0.3 is 0 Å². The number of benzene rings is 1. The van der Waals surface area contributed by atoms with Gasteiger partial charge in [-0.05, 0) is 28.8 Å². The number of aliphatic hydroxyl groups excluding tert-OH is 1. The molecule has 0 heterocycles. The van der Waals surface area contributed by atoms with E-state index in [1.54, 1.807) is 12.1 Å². The summed E-state index contributed by atoms with van der Waals surface area (Å²) in [6, 6.07) is 6.80. The average Bonchev–Trinajstić information content (AvgIpc) is 2.60. The van der Waals surface area contributed by atoms with E-state index in [0.29, 0.717) is 26.7 Å². The minimum Gasteiger partial charge on any atom is -0.388 e. The lowest BCUT2D eigenvalue weighted by molar-refractivity contribution is 0.190. The lowest BCUT2D eigenvalue weighted by Crippen LogP contribution is -1.89. The summed E-state index contributed by atoms with van der Waals surface area (Å²) in [7, 11) is 0. The van der Waals surface area contributed by atoms with Crippen LogP contribution in [0.4, 0.5) is 0 Å². The van der Waals surface area contributed by atoms with E-state index >= 15 is 0 Å². The van der Waals surface area contributed by atoms with Crippen LogP contribution < -0.4 is 0 Å². The first-order valence-corrected chi connectivity index (χ1v) is 5.54. The average molecular weight is 265 g/mol. The Morgan fingerprint density at radius 1 is 1.24 bits per heavy atom. The largest absolute Gasteiger partial charge is 0.388 e. The molecule has 0 spiro atoms. The van der Waals surface area contributed by atoms with Crippen molar-refractivity contribution >= 4 is 28.8 Å². The molecule has 1 aromatic carbocycles. The van der Waals surface area contributed by atoms with Crippen LogP contribution in [0.25, 0.3) is 5.57 Å². The molecule has 0 aliphatic heterocycles. The molecule has 1 aromatic rings. The standard InChI is InChI=1S/C12H6Cl2N2O/c13-10-1-8-7(6(4-15)5-16)3-12(17)9(8)2-11(10)14/h1-2,12,17H,3H2. The van der Waals surface area contributed by atoms with Crippen LogP contribution >= 0.6 is 23.2 Å². The fourth-order valence-electron chi connectivity index (χ4n) is 1.91. The molecule has 84 valence electrons. The Morgan fingerprint density at radius 2 is 1.82 bits per heavy atom. The van der Waals surface area contributed by atoms with Gasteiger partial charge in [0.15, 0.2) is 0 Å². The van der Waals surface area contributed by atoms with Gasteiger partial charge in [-0.3, -0.25) is 0 Å². The highest BCUT2D eigenvalue weighted by Gasteiger charge is 2.28. The maximum Gasteiger partial charge on any atom is 0.133 e. The van der Waals surface area contributed by atoms with E-state index in [4.69, 9.17) is 33.7 Å². The highest BCUT2D eigenvalue weighted by atomic mass is 35.5. The zero-order valence-corrected chi connectivity index (χ0v) is 10.0. The highest BCUT2D eigenvalue weighted by Crippen LogP contribution is 2.44. The summed E-state index contributed by atoms with van der Waals surface area (Å²) in [5.74, 6) is 0. The van der Waals surface area contributed by atoms with Crippen molar-refractivity contribution in [3.05, 3.63) is 38.9 Å². The molecule has 17 heavy (non-hydrogen) atoms. The number of fused-ring (bicyclic) bond motifs is 1. The van der Waals surface area contributed by atoms with Crippen LogP contribution in [0.2, 0.25) is 10.0 Å². The molecule has 0 amide bonds. The third-order valence-electron chi connectivity index (χ3n) is 2.70. The van der Waals surface area contributed by atoms with Gasteiger partial charge in [0.2, 0.25) is 0 Å². The molecular weight excluding hydrogens is 259 g/mol. The molecule has 0 saturated heterocycles. The van der Waals surface area contributed by atoms with E-state index < -0.39 is 6.10 Å². The van der Waals surface area contributed by atoms with Crippen molar-refractivity contribution in [1.29, 1.82) is 10.5 Å². The van der Waals surface area contributed by atoms with Crippen molar-refractivity contribution in [2.45, 2.75) is 12.5 Å². The summed E-state index contributed by atoms with van der Waals surface area (Å²) in [6.07, 6.45) is -0.505. The second-order valence-electron chi connectivity index (χ2n) is 3.65. The molecule has 2 rings (SSSR count). The molecule has 1 atom stereocenters. The van der Waals surface area contributed by atoms with E-state index in [9.17, 15) is 5.11 Å². The molecule has 0 saturated carbocycles. The molecule has 0 fully saturated rings. The number of hydrogen-bond donors (Lipinski definition) is 1. The minimum atomic E-state index is -0.744. The second kappa shape index (κ2) is 4.39. The van der Waals surface area contributed by atoms with E-state index in [1.807, 2.05) is 12.1 Å². The number of nitriles is 2. The first-order chi connectivity index (χ1) is 8.08. The summed E-state index contributed by atoms with van der Waals surface area (Å²) < 4.78 is 0. The Balaban J connectivity index is 2.72. The Morgan fingerprint density at radius 3 is 2.41 bits per heavy atom. The summed E-state index contributed by atoms with van der Waals surface area (Å²) in [4.78, 5) is 0. The molecule has 0 radical (unpaired) electrons. The van der Waals surface area contributed by atoms with E-state index in [1.165, 1.54) is 0 Å². The predicted molar refractivity (Wildman–Crippen MR) is 64.2 cm³/mol. The minimum absolute atomic E-state index is 0.00110. The zero-order valence-electron chi connectivity index (χ0n) is 8.54. The Labute approximate surface area is 108 Å². The quantitative estimate of drug-likeness (QED) is 0.732. The van der Waals surface area contributed by atoms with Crippen molar-refractivity contribution < 1.29 is 5.11 Å². The molecule has 3 nitrogen and oxygen atoms in total. The van der Waals surface area contributed by atoms with Crippen LogP contribution in [0.3, 0.4) is 0 Å². The van der Waals surface area contributed by atoms with Gasteiger partial charge in [-0.25, -0.2) is 0 Å². The SMILES string of the molecule is N#CC(C#N)=C1CC(O)c2cc(Cl)c(Cl)cc21. The van der Waals surface area contributed by atoms with E-state index in [0.717, 1.165) is 0 Å². The first-order valence-electron chi connectivity index (χ1n) is 4.79. The molecule has 0 aromatic heterocycles. The maximum atomic E-state index is 9.85. The van der Waals surface area contributed by atoms with Crippen molar-refractivity contribution in [3.8, 4) is 12.1 Å². The van der Waals surface area contributed by atoms with Crippen molar-refractivity contribution in [3.63, 3.8) is 0 Å². The van der Waals surface area contributed by atoms with Gasteiger partial charge in [0.1, 0.15) is 17.7 Å². The first kappa shape index (κ1) is 12.0. The molecular formula is C12H6Cl2N2O.